The molecule has 0 amide bonds. The van der Waals surface area contributed by atoms with Crippen molar-refractivity contribution >= 4 is 44.2 Å². The first kappa shape index (κ1) is 16.6. The van der Waals surface area contributed by atoms with Gasteiger partial charge in [0.25, 0.3) is 0 Å². The molecule has 2 N–H and O–H groups in total. The molecule has 4 aromatic carbocycles. The molecule has 1 heterocycles. The molecule has 0 atom stereocenters. The molecule has 5 aromatic rings. The number of benzene rings is 4. The van der Waals surface area contributed by atoms with Crippen LogP contribution in [0, 0.1) is 0 Å². The molecule has 1 aliphatic carbocycles. The summed E-state index contributed by atoms with van der Waals surface area (Å²) in [7, 11) is 0. The summed E-state index contributed by atoms with van der Waals surface area (Å²) in [4.78, 5) is 0. The number of furan rings is 1. The van der Waals surface area contributed by atoms with E-state index >= 15 is 0 Å². The van der Waals surface area contributed by atoms with Crippen molar-refractivity contribution < 1.29 is 4.42 Å². The van der Waals surface area contributed by atoms with E-state index in [1.54, 1.807) is 0 Å². The van der Waals surface area contributed by atoms with Crippen molar-refractivity contribution in [2.24, 2.45) is 5.73 Å². The minimum absolute atomic E-state index is 0.519. The molecule has 0 fully saturated rings. The van der Waals surface area contributed by atoms with E-state index in [-0.39, 0.29) is 0 Å². The highest BCUT2D eigenvalue weighted by atomic mass is 16.3. The van der Waals surface area contributed by atoms with Crippen molar-refractivity contribution in [3.63, 3.8) is 0 Å². The molecule has 29 heavy (non-hydrogen) atoms. The van der Waals surface area contributed by atoms with Gasteiger partial charge in [-0.2, -0.15) is 0 Å². The second-order valence-electron chi connectivity index (χ2n) is 7.79. The number of aryl methyl sites for hydroxylation is 1. The first-order chi connectivity index (χ1) is 14.3. The van der Waals surface area contributed by atoms with Gasteiger partial charge in [0.2, 0.25) is 0 Å². The standard InChI is InChI=1S/C27H21NO/c28-16-19-7-5-11-26-27(19)24-15-18(12-13-25(24)29-26)23-14-17-6-1-2-8-20(17)21-9-3-4-10-22(21)23/h1-11,14-15H,12-13,16,28H2. The second kappa shape index (κ2) is 6.33. The maximum atomic E-state index is 6.17. The topological polar surface area (TPSA) is 39.2 Å². The van der Waals surface area contributed by atoms with Crippen molar-refractivity contribution in [1.29, 1.82) is 0 Å². The summed E-state index contributed by atoms with van der Waals surface area (Å²) in [6.07, 6.45) is 4.23. The Labute approximate surface area is 169 Å². The van der Waals surface area contributed by atoms with Gasteiger partial charge in [-0.15, -0.1) is 0 Å². The van der Waals surface area contributed by atoms with Crippen LogP contribution in [-0.2, 0) is 13.0 Å². The van der Waals surface area contributed by atoms with Crippen molar-refractivity contribution in [2.75, 3.05) is 0 Å². The minimum atomic E-state index is 0.519. The van der Waals surface area contributed by atoms with Crippen LogP contribution < -0.4 is 5.73 Å². The fourth-order valence-electron chi connectivity index (χ4n) is 4.83. The summed E-state index contributed by atoms with van der Waals surface area (Å²) in [5, 5.41) is 6.39. The lowest BCUT2D eigenvalue weighted by molar-refractivity contribution is 0.548. The molecule has 140 valence electrons. The third kappa shape index (κ3) is 2.46. The number of allylic oxidation sites excluding steroid dienone is 1. The lowest BCUT2D eigenvalue weighted by Crippen LogP contribution is -2.00. The van der Waals surface area contributed by atoms with E-state index in [2.05, 4.69) is 66.7 Å². The zero-order valence-electron chi connectivity index (χ0n) is 16.1. The van der Waals surface area contributed by atoms with Crippen molar-refractivity contribution in [1.82, 2.24) is 0 Å². The van der Waals surface area contributed by atoms with Crippen molar-refractivity contribution in [3.05, 3.63) is 95.2 Å². The average molecular weight is 375 g/mol. The predicted octanol–water partition coefficient (Wildman–Crippen LogP) is 6.68. The second-order valence-corrected chi connectivity index (χ2v) is 7.79. The van der Waals surface area contributed by atoms with E-state index in [0.29, 0.717) is 6.54 Å². The zero-order chi connectivity index (χ0) is 19.4. The Hall–Kier alpha value is -3.36. The van der Waals surface area contributed by atoms with Gasteiger partial charge in [-0.25, -0.2) is 0 Å². The van der Waals surface area contributed by atoms with Crippen LogP contribution in [-0.4, -0.2) is 0 Å². The molecule has 0 saturated heterocycles. The smallest absolute Gasteiger partial charge is 0.135 e. The van der Waals surface area contributed by atoms with Gasteiger partial charge < -0.3 is 10.2 Å². The van der Waals surface area contributed by atoms with Crippen LogP contribution >= 0.6 is 0 Å². The largest absolute Gasteiger partial charge is 0.460 e. The van der Waals surface area contributed by atoms with Gasteiger partial charge in [-0.05, 0) is 62.9 Å². The monoisotopic (exact) mass is 375 g/mol. The Kier molecular flexibility index (Phi) is 3.62. The molecule has 0 aliphatic heterocycles. The fraction of sp³-hybridized carbons (Fsp3) is 0.111. The van der Waals surface area contributed by atoms with Crippen LogP contribution in [0.2, 0.25) is 0 Å². The summed E-state index contributed by atoms with van der Waals surface area (Å²) < 4.78 is 6.17. The summed E-state index contributed by atoms with van der Waals surface area (Å²) in [5.74, 6) is 1.08. The van der Waals surface area contributed by atoms with Gasteiger partial charge in [0, 0.05) is 23.9 Å². The Morgan fingerprint density at radius 1 is 0.793 bits per heavy atom. The lowest BCUT2D eigenvalue weighted by Gasteiger charge is -2.17. The van der Waals surface area contributed by atoms with Gasteiger partial charge in [-0.1, -0.05) is 60.7 Å². The van der Waals surface area contributed by atoms with Gasteiger partial charge in [0.05, 0.1) is 0 Å². The van der Waals surface area contributed by atoms with E-state index in [0.717, 1.165) is 29.7 Å². The number of nitrogens with two attached hydrogens (primary N) is 1. The van der Waals surface area contributed by atoms with Crippen LogP contribution in [0.4, 0.5) is 0 Å². The van der Waals surface area contributed by atoms with E-state index in [1.807, 2.05) is 12.1 Å². The van der Waals surface area contributed by atoms with Crippen LogP contribution in [0.15, 0.2) is 77.2 Å². The molecular formula is C27H21NO. The molecule has 0 spiro atoms. The lowest BCUT2D eigenvalue weighted by atomic mass is 9.86. The van der Waals surface area contributed by atoms with Gasteiger partial charge in [-0.3, -0.25) is 0 Å². The first-order valence-corrected chi connectivity index (χ1v) is 10.2. The summed E-state index contributed by atoms with van der Waals surface area (Å²) in [6, 6.07) is 25.9. The third-order valence-corrected chi connectivity index (χ3v) is 6.19. The molecule has 0 saturated carbocycles. The molecule has 2 nitrogen and oxygen atoms in total. The molecule has 0 radical (unpaired) electrons. The Morgan fingerprint density at radius 2 is 1.59 bits per heavy atom. The van der Waals surface area contributed by atoms with Crippen molar-refractivity contribution in [3.8, 4) is 0 Å². The maximum absolute atomic E-state index is 6.17. The zero-order valence-corrected chi connectivity index (χ0v) is 16.1. The molecule has 1 aliphatic rings. The number of rotatable bonds is 2. The number of hydrogen-bond donors (Lipinski definition) is 1. The Balaban J connectivity index is 1.65. The predicted molar refractivity (Wildman–Crippen MR) is 122 cm³/mol. The normalized spacial score (nSPS) is 13.8. The van der Waals surface area contributed by atoms with Crippen LogP contribution in [0.1, 0.15) is 28.9 Å². The van der Waals surface area contributed by atoms with Crippen molar-refractivity contribution in [2.45, 2.75) is 19.4 Å². The Morgan fingerprint density at radius 3 is 2.45 bits per heavy atom. The number of fused-ring (bicyclic) bond motifs is 6. The minimum Gasteiger partial charge on any atom is -0.460 e. The highest BCUT2D eigenvalue weighted by Gasteiger charge is 2.21. The molecule has 1 aromatic heterocycles. The molecule has 2 heteroatoms. The third-order valence-electron chi connectivity index (χ3n) is 6.19. The van der Waals surface area contributed by atoms with Crippen LogP contribution in [0.3, 0.4) is 0 Å². The SMILES string of the molecule is NCc1cccc2oc3c(c12)C=C(c1cc2ccccc2c2ccccc12)CC3. The average Bonchev–Trinajstić information content (AvgIpc) is 3.16. The van der Waals surface area contributed by atoms with Crippen LogP contribution in [0.25, 0.3) is 44.2 Å². The molecule has 6 rings (SSSR count). The Bertz CT molecular complexity index is 1440. The summed E-state index contributed by atoms with van der Waals surface area (Å²) >= 11 is 0. The van der Waals surface area contributed by atoms with Crippen LogP contribution in [0.5, 0.6) is 0 Å². The van der Waals surface area contributed by atoms with E-state index in [9.17, 15) is 0 Å². The maximum Gasteiger partial charge on any atom is 0.135 e. The molecule has 0 unspecified atom stereocenters. The summed E-state index contributed by atoms with van der Waals surface area (Å²) in [6.45, 7) is 0.519. The van der Waals surface area contributed by atoms with Gasteiger partial charge >= 0.3 is 0 Å². The first-order valence-electron chi connectivity index (χ1n) is 10.2. The number of hydrogen-bond acceptors (Lipinski definition) is 2. The van der Waals surface area contributed by atoms with E-state index in [4.69, 9.17) is 10.2 Å². The van der Waals surface area contributed by atoms with E-state index < -0.39 is 0 Å². The summed E-state index contributed by atoms with van der Waals surface area (Å²) in [5.41, 5.74) is 12.0. The molecular weight excluding hydrogens is 354 g/mol. The quantitative estimate of drug-likeness (QED) is 0.349. The fourth-order valence-corrected chi connectivity index (χ4v) is 4.83. The van der Waals surface area contributed by atoms with E-state index in [1.165, 1.54) is 43.6 Å². The van der Waals surface area contributed by atoms with Gasteiger partial charge in [0.1, 0.15) is 11.3 Å². The highest BCUT2D eigenvalue weighted by Crippen LogP contribution is 2.41. The highest BCUT2D eigenvalue weighted by molar-refractivity contribution is 6.13. The molecule has 0 bridgehead atoms. The van der Waals surface area contributed by atoms with Gasteiger partial charge in [0.15, 0.2) is 0 Å².